The Morgan fingerprint density at radius 1 is 0.924 bits per heavy atom. The minimum absolute atomic E-state index is 0.0491. The van der Waals surface area contributed by atoms with Crippen LogP contribution in [0.3, 0.4) is 0 Å². The minimum Gasteiger partial charge on any atom is -0.508 e. The third-order valence-electron chi connectivity index (χ3n) is 17.5. The van der Waals surface area contributed by atoms with E-state index in [0.717, 1.165) is 128 Å². The summed E-state index contributed by atoms with van der Waals surface area (Å²) < 4.78 is 29.4. The van der Waals surface area contributed by atoms with E-state index in [-0.39, 0.29) is 46.7 Å². The SMILES string of the molecule is CCc1cccc2cc(O)cc(-c3ncc4c(N5CC6CCC(C5)N6)nc(OCCN5CCC(CC6CN(c7cc(C(C(=O)N8CCCC8C(=O)NC(C)c8ccc(-c9scnc9C)cc8)C(C)C)on7)C6)CC5)nc4c3F)c12. The van der Waals surface area contributed by atoms with Crippen LogP contribution in [0.25, 0.3) is 43.4 Å². The van der Waals surface area contributed by atoms with Gasteiger partial charge in [0, 0.05) is 69.2 Å². The van der Waals surface area contributed by atoms with Crippen molar-refractivity contribution in [1.29, 1.82) is 0 Å². The number of pyridine rings is 1. The van der Waals surface area contributed by atoms with Crippen molar-refractivity contribution in [3.05, 3.63) is 101 Å². The maximum Gasteiger partial charge on any atom is 0.319 e. The molecule has 7 aromatic rings. The molecule has 0 aliphatic carbocycles. The second-order valence-electron chi connectivity index (χ2n) is 23.2. The Morgan fingerprint density at radius 2 is 1.71 bits per heavy atom. The van der Waals surface area contributed by atoms with Crippen molar-refractivity contribution in [3.8, 4) is 33.5 Å². The van der Waals surface area contributed by atoms with E-state index in [2.05, 4.69) is 54.5 Å². The molecule has 5 unspecified atom stereocenters. The highest BCUT2D eigenvalue weighted by atomic mass is 32.1. The van der Waals surface area contributed by atoms with Crippen LogP contribution >= 0.6 is 11.3 Å². The van der Waals surface area contributed by atoms with E-state index in [1.54, 1.807) is 34.6 Å². The van der Waals surface area contributed by atoms with Crippen LogP contribution in [0, 0.1) is 30.5 Å². The predicted octanol–water partition coefficient (Wildman–Crippen LogP) is 9.84. The molecule has 5 saturated heterocycles. The first-order valence-corrected chi connectivity index (χ1v) is 29.5. The molecule has 3 N–H and O–H groups in total. The van der Waals surface area contributed by atoms with Crippen LogP contribution < -0.4 is 25.2 Å². The monoisotopic (exact) mass is 1090 g/mol. The molecule has 2 bridgehead atoms. The number of benzene rings is 3. The van der Waals surface area contributed by atoms with Crippen LogP contribution in [-0.4, -0.2) is 129 Å². The molecule has 5 fully saturated rings. The number of carbonyl (C=O) groups is 2. The number of fused-ring (bicyclic) bond motifs is 4. The van der Waals surface area contributed by atoms with Crippen LogP contribution in [0.4, 0.5) is 16.0 Å². The molecule has 5 aliphatic heterocycles. The number of rotatable bonds is 17. The van der Waals surface area contributed by atoms with Gasteiger partial charge in [0.15, 0.2) is 17.4 Å². The normalized spacial score (nSPS) is 20.8. The number of phenolic OH excluding ortho intramolecular Hbond substituents is 1. The average molecular weight is 1090 g/mol. The Hall–Kier alpha value is -6.76. The predicted molar refractivity (Wildman–Crippen MR) is 306 cm³/mol. The lowest BCUT2D eigenvalue weighted by Crippen LogP contribution is -2.51. The van der Waals surface area contributed by atoms with Crippen molar-refractivity contribution >= 4 is 56.5 Å². The first kappa shape index (κ1) is 52.9. The number of hydrogen-bond acceptors (Lipinski definition) is 15. The summed E-state index contributed by atoms with van der Waals surface area (Å²) in [5.41, 5.74) is 6.85. The number of thiazole rings is 1. The zero-order chi connectivity index (χ0) is 54.5. The summed E-state index contributed by atoms with van der Waals surface area (Å²) in [6.45, 7) is 17.0. The van der Waals surface area contributed by atoms with Gasteiger partial charge in [0.05, 0.1) is 27.5 Å². The average Bonchev–Trinajstić information content (AvgIpc) is 4.43. The van der Waals surface area contributed by atoms with Gasteiger partial charge in [-0.3, -0.25) is 19.5 Å². The second-order valence-corrected chi connectivity index (χ2v) is 24.0. The number of aryl methyl sites for hydroxylation is 2. The molecule has 16 nitrogen and oxygen atoms in total. The molecule has 5 atom stereocenters. The first-order chi connectivity index (χ1) is 38.3. The van der Waals surface area contributed by atoms with E-state index >= 15 is 4.39 Å². The number of likely N-dealkylation sites (tertiary alicyclic amines) is 2. The number of carbonyl (C=O) groups excluding carboxylic acids is 2. The number of piperazine rings is 1. The summed E-state index contributed by atoms with van der Waals surface area (Å²) in [5, 5.41) is 24.4. The molecule has 12 rings (SSSR count). The second kappa shape index (κ2) is 22.4. The summed E-state index contributed by atoms with van der Waals surface area (Å²) in [5.74, 6) is 1.79. The van der Waals surface area contributed by atoms with Gasteiger partial charge >= 0.3 is 6.01 Å². The largest absolute Gasteiger partial charge is 0.508 e. The van der Waals surface area contributed by atoms with Gasteiger partial charge in [-0.25, -0.2) is 9.37 Å². The standard InChI is InChI=1S/C61H72FN11O5S/c1-6-40-9-7-10-43-26-46(74)27-47(53(40)43)55-54(62)56-48(29-63-55)58(72-32-44-16-17-45(33-72)66-44)68-61(67-56)77-24-23-70-21-18-38(19-22-70)25-39-30-71(31-39)51-28-50(78-69-51)52(35(2)3)60(76)73-20-8-11-49(73)59(75)65-36(4)41-12-14-42(15-13-41)57-37(5)64-34-79-57/h7,9-10,12-15,26-29,34-36,38-39,44-45,49,52,66,74H,6,8,11,16-25,30-33H2,1-5H3,(H,65,75). The molecule has 5 aliphatic rings. The summed E-state index contributed by atoms with van der Waals surface area (Å²) in [6.07, 6.45) is 9.35. The minimum atomic E-state index is -0.557. The van der Waals surface area contributed by atoms with Gasteiger partial charge in [0.25, 0.3) is 0 Å². The van der Waals surface area contributed by atoms with Crippen molar-refractivity contribution in [1.82, 2.24) is 45.5 Å². The molecule has 414 valence electrons. The van der Waals surface area contributed by atoms with Crippen LogP contribution in [-0.2, 0) is 16.0 Å². The van der Waals surface area contributed by atoms with Crippen LogP contribution in [0.15, 0.2) is 76.9 Å². The molecule has 0 radical (unpaired) electrons. The number of aromatic nitrogens is 5. The van der Waals surface area contributed by atoms with Gasteiger partial charge in [-0.15, -0.1) is 11.3 Å². The number of aromatic hydroxyl groups is 1. The third-order valence-corrected chi connectivity index (χ3v) is 18.5. The summed E-state index contributed by atoms with van der Waals surface area (Å²) >= 11 is 1.62. The number of nitrogens with one attached hydrogen (secondary N) is 2. The number of phenols is 1. The maximum absolute atomic E-state index is 17.1. The fourth-order valence-corrected chi connectivity index (χ4v) is 14.0. The number of amides is 2. The quantitative estimate of drug-likeness (QED) is 0.0785. The van der Waals surface area contributed by atoms with E-state index in [4.69, 9.17) is 24.2 Å². The Kier molecular flexibility index (Phi) is 15.0. The van der Waals surface area contributed by atoms with Gasteiger partial charge in [0.1, 0.15) is 41.3 Å². The number of nitrogens with zero attached hydrogens (tertiary/aromatic N) is 9. The van der Waals surface area contributed by atoms with Gasteiger partial charge in [-0.2, -0.15) is 9.97 Å². The van der Waals surface area contributed by atoms with Gasteiger partial charge in [-0.05, 0) is 136 Å². The van der Waals surface area contributed by atoms with Crippen LogP contribution in [0.1, 0.15) is 107 Å². The van der Waals surface area contributed by atoms with E-state index < -0.39 is 17.8 Å². The van der Waals surface area contributed by atoms with E-state index in [0.29, 0.717) is 72.6 Å². The zero-order valence-electron chi connectivity index (χ0n) is 46.0. The van der Waals surface area contributed by atoms with E-state index in [1.165, 1.54) is 0 Å². The fourth-order valence-electron chi connectivity index (χ4n) is 13.2. The van der Waals surface area contributed by atoms with E-state index in [1.807, 2.05) is 69.6 Å². The van der Waals surface area contributed by atoms with Crippen molar-refractivity contribution < 1.29 is 28.3 Å². The topological polar surface area (TPSA) is 178 Å². The smallest absolute Gasteiger partial charge is 0.319 e. The number of hydrogen-bond donors (Lipinski definition) is 3. The van der Waals surface area contributed by atoms with Gasteiger partial charge < -0.3 is 39.7 Å². The summed E-state index contributed by atoms with van der Waals surface area (Å²) in [6, 6.07) is 19.5. The van der Waals surface area contributed by atoms with Crippen LogP contribution in [0.5, 0.6) is 11.8 Å². The Labute approximate surface area is 465 Å². The van der Waals surface area contributed by atoms with Crippen molar-refractivity contribution in [2.75, 3.05) is 68.8 Å². The maximum atomic E-state index is 17.1. The van der Waals surface area contributed by atoms with Crippen molar-refractivity contribution in [2.24, 2.45) is 17.8 Å². The highest BCUT2D eigenvalue weighted by molar-refractivity contribution is 7.13. The number of anilines is 2. The molecule has 0 saturated carbocycles. The highest BCUT2D eigenvalue weighted by Gasteiger charge is 2.42. The lowest BCUT2D eigenvalue weighted by Gasteiger charge is -2.42. The molecule has 79 heavy (non-hydrogen) atoms. The highest BCUT2D eigenvalue weighted by Crippen LogP contribution is 2.41. The third kappa shape index (κ3) is 10.8. The fraction of sp³-hybridized carbons (Fsp3) is 0.492. The van der Waals surface area contributed by atoms with Crippen molar-refractivity contribution in [2.45, 2.75) is 116 Å². The number of halogens is 1. The van der Waals surface area contributed by atoms with Gasteiger partial charge in [-0.1, -0.05) is 68.4 Å². The molecule has 0 spiro atoms. The molecule has 2 amide bonds. The van der Waals surface area contributed by atoms with E-state index in [9.17, 15) is 14.7 Å². The number of ether oxygens (including phenoxy) is 1. The Morgan fingerprint density at radius 3 is 2.44 bits per heavy atom. The van der Waals surface area contributed by atoms with Crippen LogP contribution in [0.2, 0.25) is 0 Å². The van der Waals surface area contributed by atoms with Gasteiger partial charge in [0.2, 0.25) is 11.8 Å². The molecule has 18 heteroatoms. The summed E-state index contributed by atoms with van der Waals surface area (Å²) in [4.78, 5) is 56.8. The number of piperidine rings is 1. The first-order valence-electron chi connectivity index (χ1n) is 28.7. The molecular weight excluding hydrogens is 1020 g/mol. The molecular formula is C61H72FN11O5S. The molecule has 3 aromatic carbocycles. The Balaban J connectivity index is 0.636. The Bertz CT molecular complexity index is 3340. The zero-order valence-corrected chi connectivity index (χ0v) is 46.8. The van der Waals surface area contributed by atoms with Crippen molar-refractivity contribution in [3.63, 3.8) is 0 Å². The lowest BCUT2D eigenvalue weighted by atomic mass is 9.83. The molecule has 9 heterocycles. The molecule has 4 aromatic heterocycles. The summed E-state index contributed by atoms with van der Waals surface area (Å²) in [7, 11) is 0. The lowest BCUT2D eigenvalue weighted by molar-refractivity contribution is -0.141.